The molecule has 4 nitrogen and oxygen atoms in total. The Kier molecular flexibility index (Phi) is 3.88. The fraction of sp³-hybridized carbons (Fsp3) is 0.200. The number of carbonyl (C=O) groups is 1. The largest absolute Gasteiger partial charge is 0.493 e. The fourth-order valence-electron chi connectivity index (χ4n) is 2.30. The second-order valence-corrected chi connectivity index (χ2v) is 5.62. The van der Waals surface area contributed by atoms with Crippen molar-refractivity contribution in [1.29, 1.82) is 0 Å². The molecular weight excluding hydrogens is 339 g/mol. The van der Waals surface area contributed by atoms with Crippen LogP contribution in [0.5, 0.6) is 5.75 Å². The van der Waals surface area contributed by atoms with E-state index in [2.05, 4.69) is 26.2 Å². The van der Waals surface area contributed by atoms with Crippen molar-refractivity contribution in [3.05, 3.63) is 57.6 Å². The van der Waals surface area contributed by atoms with E-state index in [1.165, 1.54) is 12.3 Å². The first-order valence-electron chi connectivity index (χ1n) is 6.47. The number of amides is 1. The number of nitrogens with zero attached hydrogens (tertiary/aromatic N) is 1. The Morgan fingerprint density at radius 1 is 1.43 bits per heavy atom. The predicted octanol–water partition coefficient (Wildman–Crippen LogP) is 2.85. The number of halogens is 2. The Bertz CT molecular complexity index is 706. The number of pyridine rings is 1. The maximum absolute atomic E-state index is 13.0. The smallest absolute Gasteiger partial charge is 0.251 e. The first-order valence-corrected chi connectivity index (χ1v) is 7.26. The van der Waals surface area contributed by atoms with Gasteiger partial charge in [-0.25, -0.2) is 4.98 Å². The second-order valence-electron chi connectivity index (χ2n) is 4.70. The van der Waals surface area contributed by atoms with Crippen LogP contribution in [-0.2, 0) is 13.0 Å². The van der Waals surface area contributed by atoms with Crippen molar-refractivity contribution in [2.24, 2.45) is 0 Å². The zero-order valence-electron chi connectivity index (χ0n) is 11.0. The molecule has 1 aromatic heterocycles. The minimum absolute atomic E-state index is 0.245. The third kappa shape index (κ3) is 3.05. The van der Waals surface area contributed by atoms with E-state index in [0.29, 0.717) is 13.2 Å². The van der Waals surface area contributed by atoms with Crippen LogP contribution in [0.1, 0.15) is 21.5 Å². The molecule has 1 aliphatic heterocycles. The summed E-state index contributed by atoms with van der Waals surface area (Å²) >= 11 is 3.45. The Morgan fingerprint density at radius 3 is 3.10 bits per heavy atom. The summed E-state index contributed by atoms with van der Waals surface area (Å²) in [6.07, 6.45) is 2.13. The first kappa shape index (κ1) is 14.0. The molecule has 0 aliphatic carbocycles. The minimum atomic E-state index is -0.672. The van der Waals surface area contributed by atoms with Crippen LogP contribution in [-0.4, -0.2) is 17.5 Å². The van der Waals surface area contributed by atoms with Gasteiger partial charge in [-0.2, -0.15) is 4.39 Å². The van der Waals surface area contributed by atoms with E-state index >= 15 is 0 Å². The van der Waals surface area contributed by atoms with Gasteiger partial charge in [-0.3, -0.25) is 4.79 Å². The lowest BCUT2D eigenvalue weighted by atomic mass is 10.1. The van der Waals surface area contributed by atoms with E-state index in [0.717, 1.165) is 33.8 Å². The predicted molar refractivity (Wildman–Crippen MR) is 78.7 cm³/mol. The second kappa shape index (κ2) is 5.81. The van der Waals surface area contributed by atoms with E-state index < -0.39 is 5.95 Å². The Labute approximate surface area is 129 Å². The van der Waals surface area contributed by atoms with Crippen molar-refractivity contribution in [2.45, 2.75) is 13.0 Å². The van der Waals surface area contributed by atoms with Gasteiger partial charge in [-0.15, -0.1) is 0 Å². The van der Waals surface area contributed by atoms with Gasteiger partial charge in [-0.05, 0) is 23.8 Å². The summed E-state index contributed by atoms with van der Waals surface area (Å²) in [5.41, 5.74) is 2.28. The maximum atomic E-state index is 13.0. The first-order chi connectivity index (χ1) is 10.1. The maximum Gasteiger partial charge on any atom is 0.251 e. The van der Waals surface area contributed by atoms with Crippen molar-refractivity contribution in [3.63, 3.8) is 0 Å². The molecule has 0 saturated carbocycles. The summed E-state index contributed by atoms with van der Waals surface area (Å²) in [6, 6.07) is 6.51. The van der Waals surface area contributed by atoms with Crippen molar-refractivity contribution in [1.82, 2.24) is 10.3 Å². The molecule has 0 spiro atoms. The van der Waals surface area contributed by atoms with Gasteiger partial charge >= 0.3 is 0 Å². The van der Waals surface area contributed by atoms with E-state index in [9.17, 15) is 9.18 Å². The average Bonchev–Trinajstić information content (AvgIpc) is 2.92. The highest BCUT2D eigenvalue weighted by atomic mass is 79.9. The molecule has 108 valence electrons. The van der Waals surface area contributed by atoms with Gasteiger partial charge in [0.15, 0.2) is 0 Å². The molecule has 1 aromatic carbocycles. The van der Waals surface area contributed by atoms with Crippen LogP contribution < -0.4 is 10.1 Å². The Morgan fingerprint density at radius 2 is 2.29 bits per heavy atom. The number of aromatic nitrogens is 1. The zero-order chi connectivity index (χ0) is 14.8. The normalized spacial score (nSPS) is 12.7. The molecule has 1 amide bonds. The molecule has 21 heavy (non-hydrogen) atoms. The number of benzene rings is 1. The van der Waals surface area contributed by atoms with Gasteiger partial charge in [0.1, 0.15) is 5.75 Å². The molecule has 2 aromatic rings. The Hall–Kier alpha value is -1.95. The third-order valence-electron chi connectivity index (χ3n) is 3.25. The highest BCUT2D eigenvalue weighted by Gasteiger charge is 2.18. The number of carbonyl (C=O) groups excluding carboxylic acids is 1. The van der Waals surface area contributed by atoms with E-state index in [4.69, 9.17) is 4.74 Å². The number of hydrogen-bond donors (Lipinski definition) is 1. The molecule has 0 atom stereocenters. The van der Waals surface area contributed by atoms with Crippen molar-refractivity contribution in [2.75, 3.05) is 6.61 Å². The van der Waals surface area contributed by atoms with Crippen molar-refractivity contribution in [3.8, 4) is 5.75 Å². The molecule has 6 heteroatoms. The van der Waals surface area contributed by atoms with Crippen molar-refractivity contribution < 1.29 is 13.9 Å². The van der Waals surface area contributed by atoms with Gasteiger partial charge in [0.05, 0.1) is 6.61 Å². The molecule has 1 N–H and O–H groups in total. The number of nitrogens with one attached hydrogen (secondary N) is 1. The van der Waals surface area contributed by atoms with Crippen LogP contribution in [0.25, 0.3) is 0 Å². The van der Waals surface area contributed by atoms with E-state index in [1.807, 2.05) is 12.1 Å². The van der Waals surface area contributed by atoms with E-state index in [1.54, 1.807) is 0 Å². The summed E-state index contributed by atoms with van der Waals surface area (Å²) < 4.78 is 19.6. The van der Waals surface area contributed by atoms with Crippen molar-refractivity contribution >= 4 is 21.8 Å². The van der Waals surface area contributed by atoms with Crippen LogP contribution in [0.2, 0.25) is 0 Å². The van der Waals surface area contributed by atoms with E-state index in [-0.39, 0.29) is 11.5 Å². The number of ether oxygens (including phenoxy) is 1. The molecule has 2 heterocycles. The molecule has 0 unspecified atom stereocenters. The summed E-state index contributed by atoms with van der Waals surface area (Å²) in [6.45, 7) is 0.979. The monoisotopic (exact) mass is 350 g/mol. The van der Waals surface area contributed by atoms with Crippen LogP contribution in [0.3, 0.4) is 0 Å². The summed E-state index contributed by atoms with van der Waals surface area (Å²) in [7, 11) is 0. The quantitative estimate of drug-likeness (QED) is 0.866. The fourth-order valence-corrected chi connectivity index (χ4v) is 2.85. The SMILES string of the molecule is O=C(NCc1cc(Br)cc2c1OCC2)c1ccnc(F)c1. The topological polar surface area (TPSA) is 51.2 Å². The van der Waals surface area contributed by atoms with Crippen LogP contribution in [0, 0.1) is 5.95 Å². The lowest BCUT2D eigenvalue weighted by molar-refractivity contribution is 0.0950. The molecule has 0 radical (unpaired) electrons. The van der Waals surface area contributed by atoms with Gasteiger partial charge in [0, 0.05) is 40.8 Å². The number of rotatable bonds is 3. The third-order valence-corrected chi connectivity index (χ3v) is 3.71. The lowest BCUT2D eigenvalue weighted by Gasteiger charge is -2.10. The average molecular weight is 351 g/mol. The van der Waals surface area contributed by atoms with Crippen LogP contribution in [0.15, 0.2) is 34.9 Å². The number of fused-ring (bicyclic) bond motifs is 1. The van der Waals surface area contributed by atoms with Crippen LogP contribution in [0.4, 0.5) is 4.39 Å². The van der Waals surface area contributed by atoms with Gasteiger partial charge in [0.2, 0.25) is 5.95 Å². The molecular formula is C15H12BrFN2O2. The van der Waals surface area contributed by atoms with Gasteiger partial charge in [-0.1, -0.05) is 15.9 Å². The summed E-state index contributed by atoms with van der Waals surface area (Å²) in [5, 5.41) is 2.77. The zero-order valence-corrected chi connectivity index (χ0v) is 12.6. The standard InChI is InChI=1S/C15H12BrFN2O2/c16-12-5-9-2-4-21-14(9)11(6-12)8-19-15(20)10-1-3-18-13(17)7-10/h1,3,5-7H,2,4,8H2,(H,19,20). The minimum Gasteiger partial charge on any atom is -0.493 e. The molecule has 0 saturated heterocycles. The molecule has 3 rings (SSSR count). The molecule has 0 fully saturated rings. The highest BCUT2D eigenvalue weighted by molar-refractivity contribution is 9.10. The molecule has 1 aliphatic rings. The summed E-state index contributed by atoms with van der Waals surface area (Å²) in [5.74, 6) is -0.184. The lowest BCUT2D eigenvalue weighted by Crippen LogP contribution is -2.23. The highest BCUT2D eigenvalue weighted by Crippen LogP contribution is 2.32. The molecule has 0 bridgehead atoms. The number of hydrogen-bond acceptors (Lipinski definition) is 3. The Balaban J connectivity index is 1.75. The van der Waals surface area contributed by atoms with Gasteiger partial charge in [0.25, 0.3) is 5.91 Å². The summed E-state index contributed by atoms with van der Waals surface area (Å²) in [4.78, 5) is 15.4. The van der Waals surface area contributed by atoms with Crippen LogP contribution >= 0.6 is 15.9 Å². The van der Waals surface area contributed by atoms with Gasteiger partial charge < -0.3 is 10.1 Å².